The maximum atomic E-state index is 10.8. The molecule has 0 saturated carbocycles. The molecule has 1 aliphatic heterocycles. The molecular weight excluding hydrogens is 230 g/mol. The van der Waals surface area contributed by atoms with E-state index in [0.717, 1.165) is 12.8 Å². The minimum atomic E-state index is -0.313. The second-order valence-corrected chi connectivity index (χ2v) is 4.48. The number of aromatic hydroxyl groups is 1. The molecule has 1 amide bonds. The van der Waals surface area contributed by atoms with E-state index in [2.05, 4.69) is 12.2 Å². The van der Waals surface area contributed by atoms with Crippen molar-refractivity contribution in [2.24, 2.45) is 0 Å². The summed E-state index contributed by atoms with van der Waals surface area (Å²) in [6.07, 6.45) is 1.51. The van der Waals surface area contributed by atoms with E-state index in [1.54, 1.807) is 12.1 Å². The fraction of sp³-hybridized carbons (Fsp3) is 0.500. The van der Waals surface area contributed by atoms with Crippen molar-refractivity contribution >= 4 is 6.09 Å². The molecule has 0 spiro atoms. The highest BCUT2D eigenvalue weighted by Gasteiger charge is 2.22. The lowest BCUT2D eigenvalue weighted by Gasteiger charge is -2.14. The fourth-order valence-corrected chi connectivity index (χ4v) is 2.00. The molecule has 0 unspecified atom stereocenters. The summed E-state index contributed by atoms with van der Waals surface area (Å²) in [5, 5.41) is 11.9. The van der Waals surface area contributed by atoms with Gasteiger partial charge in [-0.1, -0.05) is 26.5 Å². The topological polar surface area (TPSA) is 58.6 Å². The first-order valence-corrected chi connectivity index (χ1v) is 5.88. The number of cyclic esters (lactones) is 1. The Labute approximate surface area is 108 Å². The van der Waals surface area contributed by atoms with Crippen molar-refractivity contribution in [1.82, 2.24) is 5.32 Å². The van der Waals surface area contributed by atoms with Crippen LogP contribution in [0.15, 0.2) is 24.3 Å². The van der Waals surface area contributed by atoms with Gasteiger partial charge in [-0.15, -0.1) is 0 Å². The number of amides is 1. The fourth-order valence-electron chi connectivity index (χ4n) is 2.00. The zero-order valence-electron chi connectivity index (χ0n) is 9.85. The van der Waals surface area contributed by atoms with Crippen LogP contribution < -0.4 is 5.32 Å². The Morgan fingerprint density at radius 1 is 1.44 bits per heavy atom. The number of carbonyl (C=O) groups excluding carboxylic acids is 1. The number of nitrogens with one attached hydrogen (secondary N) is 1. The van der Waals surface area contributed by atoms with Gasteiger partial charge in [0.15, 0.2) is 0 Å². The van der Waals surface area contributed by atoms with Gasteiger partial charge in [0, 0.05) is 0 Å². The zero-order valence-corrected chi connectivity index (χ0v) is 9.85. The van der Waals surface area contributed by atoms with E-state index >= 15 is 0 Å². The highest BCUT2D eigenvalue weighted by atomic mass is 16.6. The minimum Gasteiger partial charge on any atom is -0.508 e. The second kappa shape index (κ2) is 6.28. The summed E-state index contributed by atoms with van der Waals surface area (Å²) in [6, 6.07) is 7.25. The van der Waals surface area contributed by atoms with Crippen LogP contribution in [0.5, 0.6) is 5.75 Å². The third-order valence-electron chi connectivity index (χ3n) is 3.13. The van der Waals surface area contributed by atoms with Gasteiger partial charge in [-0.25, -0.2) is 4.79 Å². The molecule has 100 valence electrons. The monoisotopic (exact) mass is 251 g/mol. The molecule has 4 heteroatoms. The van der Waals surface area contributed by atoms with E-state index < -0.39 is 0 Å². The van der Waals surface area contributed by atoms with Crippen LogP contribution in [0.4, 0.5) is 4.79 Å². The molecule has 1 aliphatic rings. The molecular formula is C14H21NO3. The maximum absolute atomic E-state index is 10.8. The van der Waals surface area contributed by atoms with Crippen LogP contribution in [0.3, 0.4) is 0 Å². The molecule has 1 saturated heterocycles. The van der Waals surface area contributed by atoms with E-state index in [-0.39, 0.29) is 25.4 Å². The van der Waals surface area contributed by atoms with Gasteiger partial charge in [0.2, 0.25) is 0 Å². The van der Waals surface area contributed by atoms with E-state index in [0.29, 0.717) is 12.5 Å². The minimum absolute atomic E-state index is 0. The number of phenolic OH excluding ortho intramolecular Hbond substituents is 1. The molecule has 2 atom stereocenters. The van der Waals surface area contributed by atoms with Gasteiger partial charge in [0.25, 0.3) is 0 Å². The van der Waals surface area contributed by atoms with Crippen molar-refractivity contribution in [3.8, 4) is 5.75 Å². The SMILES string of the molecule is C.C[C@H](CC[C@H]1CNC(=O)O1)c1ccc(O)cc1. The Morgan fingerprint density at radius 2 is 2.11 bits per heavy atom. The molecule has 0 aliphatic carbocycles. The largest absolute Gasteiger partial charge is 0.508 e. The van der Waals surface area contributed by atoms with Crippen LogP contribution >= 0.6 is 0 Å². The van der Waals surface area contributed by atoms with E-state index in [4.69, 9.17) is 4.74 Å². The summed E-state index contributed by atoms with van der Waals surface area (Å²) in [4.78, 5) is 10.8. The van der Waals surface area contributed by atoms with Crippen LogP contribution in [0.1, 0.15) is 38.7 Å². The van der Waals surface area contributed by atoms with Crippen LogP contribution in [0.2, 0.25) is 0 Å². The van der Waals surface area contributed by atoms with Crippen LogP contribution in [-0.2, 0) is 4.74 Å². The Kier molecular flexibility index (Phi) is 5.01. The van der Waals surface area contributed by atoms with Gasteiger partial charge in [0.05, 0.1) is 6.54 Å². The van der Waals surface area contributed by atoms with Crippen molar-refractivity contribution < 1.29 is 14.6 Å². The van der Waals surface area contributed by atoms with Gasteiger partial charge in [-0.3, -0.25) is 0 Å². The first-order chi connectivity index (χ1) is 8.15. The van der Waals surface area contributed by atoms with Crippen molar-refractivity contribution in [3.05, 3.63) is 29.8 Å². The summed E-state index contributed by atoms with van der Waals surface area (Å²) < 4.78 is 5.08. The van der Waals surface area contributed by atoms with Crippen molar-refractivity contribution in [1.29, 1.82) is 0 Å². The molecule has 1 aromatic rings. The second-order valence-electron chi connectivity index (χ2n) is 4.48. The first-order valence-electron chi connectivity index (χ1n) is 5.88. The molecule has 0 bridgehead atoms. The molecule has 1 aromatic carbocycles. The molecule has 1 fully saturated rings. The lowest BCUT2D eigenvalue weighted by atomic mass is 9.95. The standard InChI is InChI=1S/C13H17NO3.CH4/c1-9(10-3-5-11(15)6-4-10)2-7-12-8-14-13(16)17-12;/h3-6,9,12,15H,2,7-8H2,1H3,(H,14,16);1H4/t9-,12+;/m1./s1. The summed E-state index contributed by atoms with van der Waals surface area (Å²) in [7, 11) is 0. The summed E-state index contributed by atoms with van der Waals surface area (Å²) in [6.45, 7) is 2.75. The Bertz CT molecular complexity index is 389. The lowest BCUT2D eigenvalue weighted by Crippen LogP contribution is -2.15. The van der Waals surface area contributed by atoms with E-state index in [1.807, 2.05) is 12.1 Å². The predicted octanol–water partition coefficient (Wildman–Crippen LogP) is 3.02. The highest BCUT2D eigenvalue weighted by molar-refractivity contribution is 5.69. The predicted molar refractivity (Wildman–Crippen MR) is 70.8 cm³/mol. The lowest BCUT2D eigenvalue weighted by molar-refractivity contribution is 0.133. The molecule has 18 heavy (non-hydrogen) atoms. The molecule has 0 radical (unpaired) electrons. The summed E-state index contributed by atoms with van der Waals surface area (Å²) >= 11 is 0. The third-order valence-corrected chi connectivity index (χ3v) is 3.13. The number of hydrogen-bond acceptors (Lipinski definition) is 3. The molecule has 0 aromatic heterocycles. The van der Waals surface area contributed by atoms with E-state index in [1.165, 1.54) is 5.56 Å². The Hall–Kier alpha value is -1.71. The van der Waals surface area contributed by atoms with Gasteiger partial charge in [-0.05, 0) is 36.5 Å². The van der Waals surface area contributed by atoms with Crippen molar-refractivity contribution in [3.63, 3.8) is 0 Å². The number of benzene rings is 1. The third kappa shape index (κ3) is 3.65. The quantitative estimate of drug-likeness (QED) is 0.864. The van der Waals surface area contributed by atoms with Gasteiger partial charge < -0.3 is 15.2 Å². The number of phenols is 1. The van der Waals surface area contributed by atoms with Gasteiger partial charge in [0.1, 0.15) is 11.9 Å². The van der Waals surface area contributed by atoms with Crippen molar-refractivity contribution in [2.45, 2.75) is 39.2 Å². The molecule has 2 N–H and O–H groups in total. The zero-order chi connectivity index (χ0) is 12.3. The number of hydrogen-bond donors (Lipinski definition) is 2. The van der Waals surface area contributed by atoms with Gasteiger partial charge in [-0.2, -0.15) is 0 Å². The number of ether oxygens (including phenoxy) is 1. The normalized spacial score (nSPS) is 19.6. The Morgan fingerprint density at radius 3 is 2.67 bits per heavy atom. The molecule has 4 nitrogen and oxygen atoms in total. The van der Waals surface area contributed by atoms with Crippen LogP contribution in [-0.4, -0.2) is 23.8 Å². The molecule has 2 rings (SSSR count). The number of rotatable bonds is 4. The van der Waals surface area contributed by atoms with Crippen molar-refractivity contribution in [2.75, 3.05) is 6.54 Å². The van der Waals surface area contributed by atoms with Crippen LogP contribution in [0, 0.1) is 0 Å². The first kappa shape index (κ1) is 14.4. The maximum Gasteiger partial charge on any atom is 0.407 e. The molecule has 1 heterocycles. The number of carbonyl (C=O) groups is 1. The summed E-state index contributed by atoms with van der Waals surface area (Å²) in [5.74, 6) is 0.685. The Balaban J connectivity index is 0.00000162. The average molecular weight is 251 g/mol. The van der Waals surface area contributed by atoms with E-state index in [9.17, 15) is 9.90 Å². The van der Waals surface area contributed by atoms with Crippen LogP contribution in [0.25, 0.3) is 0 Å². The highest BCUT2D eigenvalue weighted by Crippen LogP contribution is 2.24. The summed E-state index contributed by atoms with van der Waals surface area (Å²) in [5.41, 5.74) is 1.19. The van der Waals surface area contributed by atoms with Gasteiger partial charge >= 0.3 is 6.09 Å². The number of alkyl carbamates (subject to hydrolysis) is 1. The average Bonchev–Trinajstić information content (AvgIpc) is 2.73. The smallest absolute Gasteiger partial charge is 0.407 e.